The van der Waals surface area contributed by atoms with Crippen LogP contribution in [0.4, 0.5) is 14.9 Å². The molecule has 0 saturated heterocycles. The number of fused-ring (bicyclic) bond motifs is 1. The molecule has 0 fully saturated rings. The van der Waals surface area contributed by atoms with Gasteiger partial charge in [0.1, 0.15) is 5.82 Å². The van der Waals surface area contributed by atoms with Gasteiger partial charge in [0.05, 0.1) is 6.04 Å². The summed E-state index contributed by atoms with van der Waals surface area (Å²) >= 11 is 0. The lowest BCUT2D eigenvalue weighted by atomic mass is 9.95. The molecule has 1 unspecified atom stereocenters. The number of benzene rings is 2. The maximum Gasteiger partial charge on any atom is 0.320 e. The number of amides is 2. The average Bonchev–Trinajstić information content (AvgIpc) is 2.39. The van der Waals surface area contributed by atoms with E-state index >= 15 is 0 Å². The Morgan fingerprint density at radius 2 is 1.83 bits per heavy atom. The van der Waals surface area contributed by atoms with Crippen LogP contribution in [-0.4, -0.2) is 6.03 Å². The lowest BCUT2D eigenvalue weighted by molar-refractivity contribution is 0.249. The van der Waals surface area contributed by atoms with Crippen LogP contribution in [0.1, 0.15) is 17.2 Å². The topological polar surface area (TPSA) is 41.1 Å². The lowest BCUT2D eigenvalue weighted by Gasteiger charge is -2.27. The second-order valence-corrected chi connectivity index (χ2v) is 4.17. The summed E-state index contributed by atoms with van der Waals surface area (Å²) in [5.74, 6) is -0.312. The zero-order valence-electron chi connectivity index (χ0n) is 9.48. The second kappa shape index (κ2) is 4.14. The summed E-state index contributed by atoms with van der Waals surface area (Å²) in [7, 11) is 0. The molecule has 1 heterocycles. The smallest absolute Gasteiger partial charge is 0.320 e. The van der Waals surface area contributed by atoms with Gasteiger partial charge in [-0.2, -0.15) is 0 Å². The summed E-state index contributed by atoms with van der Waals surface area (Å²) in [6, 6.07) is 13.3. The van der Waals surface area contributed by atoms with E-state index in [9.17, 15) is 9.18 Å². The van der Waals surface area contributed by atoms with Gasteiger partial charge in [-0.3, -0.25) is 0 Å². The van der Waals surface area contributed by atoms with E-state index < -0.39 is 0 Å². The van der Waals surface area contributed by atoms with Gasteiger partial charge in [-0.15, -0.1) is 0 Å². The summed E-state index contributed by atoms with van der Waals surface area (Å²) in [6.07, 6.45) is 0. The number of hydrogen-bond acceptors (Lipinski definition) is 1. The molecule has 0 aliphatic carbocycles. The van der Waals surface area contributed by atoms with E-state index in [1.807, 2.05) is 30.3 Å². The van der Waals surface area contributed by atoms with Crippen molar-refractivity contribution in [3.05, 3.63) is 65.5 Å². The van der Waals surface area contributed by atoms with Gasteiger partial charge < -0.3 is 10.6 Å². The summed E-state index contributed by atoms with van der Waals surface area (Å²) in [5.41, 5.74) is 2.31. The Hall–Kier alpha value is -2.36. The summed E-state index contributed by atoms with van der Waals surface area (Å²) in [4.78, 5) is 11.6. The Morgan fingerprint density at radius 3 is 2.61 bits per heavy atom. The lowest BCUT2D eigenvalue weighted by Crippen LogP contribution is -2.38. The molecule has 3 nitrogen and oxygen atoms in total. The van der Waals surface area contributed by atoms with Gasteiger partial charge in [0.25, 0.3) is 0 Å². The van der Waals surface area contributed by atoms with Gasteiger partial charge >= 0.3 is 6.03 Å². The number of urea groups is 1. The van der Waals surface area contributed by atoms with E-state index in [2.05, 4.69) is 10.6 Å². The standard InChI is InChI=1S/C14H11FN2O/c15-10-6-7-12-11(8-10)13(17-14(18)16-12)9-4-2-1-3-5-9/h1-8,13H,(H2,16,17,18). The minimum atomic E-state index is -0.314. The molecule has 2 aromatic carbocycles. The van der Waals surface area contributed by atoms with Crippen LogP contribution in [0.2, 0.25) is 0 Å². The fourth-order valence-corrected chi connectivity index (χ4v) is 2.16. The molecular formula is C14H11FN2O. The minimum Gasteiger partial charge on any atom is -0.327 e. The minimum absolute atomic E-state index is 0.275. The van der Waals surface area contributed by atoms with Crippen LogP contribution in [0.15, 0.2) is 48.5 Å². The number of rotatable bonds is 1. The summed E-state index contributed by atoms with van der Waals surface area (Å²) in [5, 5.41) is 5.47. The van der Waals surface area contributed by atoms with E-state index in [0.717, 1.165) is 11.1 Å². The molecular weight excluding hydrogens is 231 g/mol. The Labute approximate surface area is 104 Å². The molecule has 3 rings (SSSR count). The number of nitrogens with one attached hydrogen (secondary N) is 2. The highest BCUT2D eigenvalue weighted by Crippen LogP contribution is 2.31. The highest BCUT2D eigenvalue weighted by atomic mass is 19.1. The third kappa shape index (κ3) is 1.82. The monoisotopic (exact) mass is 242 g/mol. The van der Waals surface area contributed by atoms with Crippen LogP contribution < -0.4 is 10.6 Å². The zero-order chi connectivity index (χ0) is 12.5. The van der Waals surface area contributed by atoms with E-state index in [1.165, 1.54) is 12.1 Å². The maximum absolute atomic E-state index is 13.3. The van der Waals surface area contributed by atoms with E-state index in [0.29, 0.717) is 5.69 Å². The van der Waals surface area contributed by atoms with Crippen LogP contribution in [0.5, 0.6) is 0 Å². The number of carbonyl (C=O) groups excluding carboxylic acids is 1. The quantitative estimate of drug-likeness (QED) is 0.792. The van der Waals surface area contributed by atoms with Gasteiger partial charge in [-0.1, -0.05) is 30.3 Å². The van der Waals surface area contributed by atoms with E-state index in [4.69, 9.17) is 0 Å². The van der Waals surface area contributed by atoms with Gasteiger partial charge in [0.2, 0.25) is 0 Å². The molecule has 0 bridgehead atoms. The van der Waals surface area contributed by atoms with Crippen molar-refractivity contribution in [3.63, 3.8) is 0 Å². The Bertz CT molecular complexity index is 598. The third-order valence-electron chi connectivity index (χ3n) is 2.98. The van der Waals surface area contributed by atoms with Crippen molar-refractivity contribution in [1.82, 2.24) is 5.32 Å². The normalized spacial score (nSPS) is 17.6. The predicted molar refractivity (Wildman–Crippen MR) is 66.8 cm³/mol. The second-order valence-electron chi connectivity index (χ2n) is 4.17. The van der Waals surface area contributed by atoms with Crippen LogP contribution in [-0.2, 0) is 0 Å². The number of anilines is 1. The van der Waals surface area contributed by atoms with E-state index in [-0.39, 0.29) is 17.9 Å². The van der Waals surface area contributed by atoms with Crippen LogP contribution in [0, 0.1) is 5.82 Å². The Kier molecular flexibility index (Phi) is 2.48. The van der Waals surface area contributed by atoms with Crippen molar-refractivity contribution < 1.29 is 9.18 Å². The first-order valence-corrected chi connectivity index (χ1v) is 5.66. The van der Waals surface area contributed by atoms with Crippen molar-refractivity contribution in [2.24, 2.45) is 0 Å². The van der Waals surface area contributed by atoms with Crippen LogP contribution >= 0.6 is 0 Å². The maximum atomic E-state index is 13.3. The van der Waals surface area contributed by atoms with Gasteiger partial charge in [0, 0.05) is 11.3 Å². The SMILES string of the molecule is O=C1Nc2ccc(F)cc2C(c2ccccc2)N1. The molecule has 1 aliphatic rings. The van der Waals surface area contributed by atoms with Crippen molar-refractivity contribution >= 4 is 11.7 Å². The molecule has 4 heteroatoms. The number of halogens is 1. The highest BCUT2D eigenvalue weighted by Gasteiger charge is 2.25. The van der Waals surface area contributed by atoms with Crippen molar-refractivity contribution in [1.29, 1.82) is 0 Å². The van der Waals surface area contributed by atoms with Gasteiger partial charge in [-0.25, -0.2) is 9.18 Å². The van der Waals surface area contributed by atoms with E-state index in [1.54, 1.807) is 6.07 Å². The molecule has 0 radical (unpaired) electrons. The van der Waals surface area contributed by atoms with Gasteiger partial charge in [0.15, 0.2) is 0 Å². The molecule has 0 aromatic heterocycles. The first kappa shape index (κ1) is 10.8. The Morgan fingerprint density at radius 1 is 1.06 bits per heavy atom. The van der Waals surface area contributed by atoms with Gasteiger partial charge in [-0.05, 0) is 23.8 Å². The molecule has 2 aromatic rings. The molecule has 0 saturated carbocycles. The predicted octanol–water partition coefficient (Wildman–Crippen LogP) is 3.05. The van der Waals surface area contributed by atoms with Crippen molar-refractivity contribution in [2.45, 2.75) is 6.04 Å². The molecule has 2 amide bonds. The molecule has 90 valence electrons. The van der Waals surface area contributed by atoms with Crippen molar-refractivity contribution in [2.75, 3.05) is 5.32 Å². The first-order valence-electron chi connectivity index (χ1n) is 5.66. The Balaban J connectivity index is 2.12. The highest BCUT2D eigenvalue weighted by molar-refractivity contribution is 5.93. The third-order valence-corrected chi connectivity index (χ3v) is 2.98. The largest absolute Gasteiger partial charge is 0.327 e. The summed E-state index contributed by atoms with van der Waals surface area (Å²) in [6.45, 7) is 0. The number of hydrogen-bond donors (Lipinski definition) is 2. The fourth-order valence-electron chi connectivity index (χ4n) is 2.16. The van der Waals surface area contributed by atoms with Crippen LogP contribution in [0.3, 0.4) is 0 Å². The molecule has 2 N–H and O–H groups in total. The average molecular weight is 242 g/mol. The molecule has 0 spiro atoms. The molecule has 1 atom stereocenters. The number of carbonyl (C=O) groups is 1. The van der Waals surface area contributed by atoms with Crippen molar-refractivity contribution in [3.8, 4) is 0 Å². The first-order chi connectivity index (χ1) is 8.74. The van der Waals surface area contributed by atoms with Crippen LogP contribution in [0.25, 0.3) is 0 Å². The fraction of sp³-hybridized carbons (Fsp3) is 0.0714. The zero-order valence-corrected chi connectivity index (χ0v) is 9.48. The molecule has 18 heavy (non-hydrogen) atoms. The summed E-state index contributed by atoms with van der Waals surface area (Å²) < 4.78 is 13.3. The molecule has 1 aliphatic heterocycles.